The zero-order chi connectivity index (χ0) is 15.6. The number of ether oxygens (including phenoxy) is 1. The first-order valence-corrected chi connectivity index (χ1v) is 9.06. The normalized spacial score (nSPS) is 11.5. The number of aryl methyl sites for hydroxylation is 1. The Morgan fingerprint density at radius 1 is 1.19 bits per heavy atom. The lowest BCUT2D eigenvalue weighted by Gasteiger charge is -2.09. The summed E-state index contributed by atoms with van der Waals surface area (Å²) in [6.07, 6.45) is 1.54. The Labute approximate surface area is 128 Å². The van der Waals surface area contributed by atoms with Gasteiger partial charge in [-0.05, 0) is 50.6 Å². The van der Waals surface area contributed by atoms with Gasteiger partial charge in [-0.2, -0.15) is 0 Å². The lowest BCUT2D eigenvalue weighted by Crippen LogP contribution is -2.30. The van der Waals surface area contributed by atoms with Gasteiger partial charge in [0.05, 0.1) is 5.75 Å². The van der Waals surface area contributed by atoms with Crippen LogP contribution in [0.15, 0.2) is 24.3 Å². The Bertz CT molecular complexity index is 503. The summed E-state index contributed by atoms with van der Waals surface area (Å²) in [6.45, 7) is 6.43. The van der Waals surface area contributed by atoms with Gasteiger partial charge in [-0.15, -0.1) is 0 Å². The zero-order valence-corrected chi connectivity index (χ0v) is 13.7. The monoisotopic (exact) mass is 314 g/mol. The summed E-state index contributed by atoms with van der Waals surface area (Å²) in [4.78, 5) is 0. The topological polar surface area (TPSA) is 67.4 Å². The molecule has 0 heterocycles. The van der Waals surface area contributed by atoms with Crippen molar-refractivity contribution >= 4 is 10.0 Å². The smallest absolute Gasteiger partial charge is 0.211 e. The molecule has 0 atom stereocenters. The van der Waals surface area contributed by atoms with Gasteiger partial charge < -0.3 is 10.1 Å². The van der Waals surface area contributed by atoms with E-state index in [2.05, 4.69) is 10.0 Å². The first kappa shape index (κ1) is 17.9. The third kappa shape index (κ3) is 8.70. The van der Waals surface area contributed by atoms with Crippen LogP contribution >= 0.6 is 0 Å². The Kier molecular flexibility index (Phi) is 8.34. The van der Waals surface area contributed by atoms with Gasteiger partial charge in [-0.3, -0.25) is 0 Å². The molecule has 0 aliphatic heterocycles. The van der Waals surface area contributed by atoms with Crippen LogP contribution in [0.4, 0.5) is 0 Å². The Morgan fingerprint density at radius 3 is 2.71 bits per heavy atom. The fourth-order valence-corrected chi connectivity index (χ4v) is 2.99. The van der Waals surface area contributed by atoms with Crippen molar-refractivity contribution in [1.82, 2.24) is 10.0 Å². The fourth-order valence-electron chi connectivity index (χ4n) is 1.86. The predicted molar refractivity (Wildman–Crippen MR) is 86.2 cm³/mol. The van der Waals surface area contributed by atoms with Crippen LogP contribution in [0.25, 0.3) is 0 Å². The molecule has 0 bridgehead atoms. The Balaban J connectivity index is 2.15. The lowest BCUT2D eigenvalue weighted by molar-refractivity contribution is 0.322. The van der Waals surface area contributed by atoms with Gasteiger partial charge in [0.2, 0.25) is 10.0 Å². The third-order valence-electron chi connectivity index (χ3n) is 2.95. The molecule has 0 spiro atoms. The molecule has 0 aliphatic rings. The minimum atomic E-state index is -3.19. The second-order valence-electron chi connectivity index (χ2n) is 4.94. The fraction of sp³-hybridized carbons (Fsp3) is 0.600. The van der Waals surface area contributed by atoms with Crippen molar-refractivity contribution in [3.05, 3.63) is 29.8 Å². The highest BCUT2D eigenvalue weighted by molar-refractivity contribution is 7.89. The highest BCUT2D eigenvalue weighted by atomic mass is 32.2. The third-order valence-corrected chi connectivity index (χ3v) is 4.42. The maximum Gasteiger partial charge on any atom is 0.211 e. The standard InChI is InChI=1S/C15H26N2O3S/c1-3-16-9-4-5-12-21(18,19)17-10-11-20-15-8-6-7-14(2)13-15/h6-8,13,16-17H,3-5,9-12H2,1-2H3. The van der Waals surface area contributed by atoms with Crippen molar-refractivity contribution < 1.29 is 13.2 Å². The highest BCUT2D eigenvalue weighted by Crippen LogP contribution is 2.11. The molecule has 1 rings (SSSR count). The van der Waals surface area contributed by atoms with Crippen molar-refractivity contribution in [2.45, 2.75) is 26.7 Å². The molecule has 1 aromatic rings. The van der Waals surface area contributed by atoms with Gasteiger partial charge in [0.1, 0.15) is 12.4 Å². The van der Waals surface area contributed by atoms with Crippen molar-refractivity contribution in [3.63, 3.8) is 0 Å². The van der Waals surface area contributed by atoms with Crippen LogP contribution in [-0.2, 0) is 10.0 Å². The quantitative estimate of drug-likeness (QED) is 0.610. The van der Waals surface area contributed by atoms with E-state index in [0.29, 0.717) is 19.6 Å². The zero-order valence-electron chi connectivity index (χ0n) is 12.9. The van der Waals surface area contributed by atoms with Crippen LogP contribution in [0.2, 0.25) is 0 Å². The number of unbranched alkanes of at least 4 members (excludes halogenated alkanes) is 1. The highest BCUT2D eigenvalue weighted by Gasteiger charge is 2.08. The molecule has 120 valence electrons. The van der Waals surface area contributed by atoms with Crippen LogP contribution in [-0.4, -0.2) is 40.4 Å². The maximum absolute atomic E-state index is 11.7. The molecule has 2 N–H and O–H groups in total. The van der Waals surface area contributed by atoms with Crippen molar-refractivity contribution in [3.8, 4) is 5.75 Å². The van der Waals surface area contributed by atoms with Crippen LogP contribution in [0.3, 0.4) is 0 Å². The van der Waals surface area contributed by atoms with Crippen LogP contribution < -0.4 is 14.8 Å². The molecule has 0 fully saturated rings. The van der Waals surface area contributed by atoms with E-state index in [-0.39, 0.29) is 5.75 Å². The minimum absolute atomic E-state index is 0.169. The number of benzene rings is 1. The van der Waals surface area contributed by atoms with E-state index in [9.17, 15) is 8.42 Å². The molecule has 0 saturated heterocycles. The van der Waals surface area contributed by atoms with Gasteiger partial charge in [0.25, 0.3) is 0 Å². The molecule has 0 radical (unpaired) electrons. The molecule has 1 aromatic carbocycles. The van der Waals surface area contributed by atoms with Crippen LogP contribution in [0.5, 0.6) is 5.75 Å². The summed E-state index contributed by atoms with van der Waals surface area (Å²) in [5, 5.41) is 3.17. The number of hydrogen-bond acceptors (Lipinski definition) is 4. The molecule has 21 heavy (non-hydrogen) atoms. The minimum Gasteiger partial charge on any atom is -0.492 e. The maximum atomic E-state index is 11.7. The van der Waals surface area contributed by atoms with Gasteiger partial charge >= 0.3 is 0 Å². The van der Waals surface area contributed by atoms with E-state index in [4.69, 9.17) is 4.74 Å². The second-order valence-corrected chi connectivity index (χ2v) is 6.87. The molecule has 6 heteroatoms. The van der Waals surface area contributed by atoms with Crippen molar-refractivity contribution in [2.24, 2.45) is 0 Å². The second kappa shape index (κ2) is 9.76. The number of sulfonamides is 1. The molecule has 0 aliphatic carbocycles. The summed E-state index contributed by atoms with van der Waals surface area (Å²) in [5.41, 5.74) is 1.12. The summed E-state index contributed by atoms with van der Waals surface area (Å²) in [7, 11) is -3.19. The van der Waals surface area contributed by atoms with Gasteiger partial charge in [-0.1, -0.05) is 19.1 Å². The lowest BCUT2D eigenvalue weighted by atomic mass is 10.2. The molecule has 0 saturated carbocycles. The van der Waals surface area contributed by atoms with E-state index in [1.165, 1.54) is 0 Å². The average molecular weight is 314 g/mol. The first-order valence-electron chi connectivity index (χ1n) is 7.41. The summed E-state index contributed by atoms with van der Waals surface area (Å²) < 4.78 is 31.5. The van der Waals surface area contributed by atoms with Gasteiger partial charge in [-0.25, -0.2) is 13.1 Å². The number of hydrogen-bond donors (Lipinski definition) is 2. The molecule has 0 amide bonds. The number of nitrogens with one attached hydrogen (secondary N) is 2. The van der Waals surface area contributed by atoms with E-state index >= 15 is 0 Å². The van der Waals surface area contributed by atoms with E-state index < -0.39 is 10.0 Å². The molecular formula is C15H26N2O3S. The Hall–Kier alpha value is -1.11. The van der Waals surface area contributed by atoms with Crippen molar-refractivity contribution in [1.29, 1.82) is 0 Å². The SMILES string of the molecule is CCNCCCCS(=O)(=O)NCCOc1cccc(C)c1. The Morgan fingerprint density at radius 2 is 2.00 bits per heavy atom. The molecular weight excluding hydrogens is 288 g/mol. The predicted octanol–water partition coefficient (Wildman–Crippen LogP) is 1.68. The summed E-state index contributed by atoms with van der Waals surface area (Å²) >= 11 is 0. The largest absolute Gasteiger partial charge is 0.492 e. The van der Waals surface area contributed by atoms with Gasteiger partial charge in [0, 0.05) is 6.54 Å². The van der Waals surface area contributed by atoms with E-state index in [1.54, 1.807) is 0 Å². The van der Waals surface area contributed by atoms with Crippen molar-refractivity contribution in [2.75, 3.05) is 32.0 Å². The average Bonchev–Trinajstić information content (AvgIpc) is 2.43. The molecule has 0 aromatic heterocycles. The number of rotatable bonds is 11. The van der Waals surface area contributed by atoms with E-state index in [1.807, 2.05) is 38.1 Å². The van der Waals surface area contributed by atoms with Crippen LogP contribution in [0, 0.1) is 6.92 Å². The summed E-state index contributed by atoms with van der Waals surface area (Å²) in [6, 6.07) is 7.69. The van der Waals surface area contributed by atoms with E-state index in [0.717, 1.165) is 30.8 Å². The molecule has 5 nitrogen and oxygen atoms in total. The van der Waals surface area contributed by atoms with Crippen LogP contribution in [0.1, 0.15) is 25.3 Å². The van der Waals surface area contributed by atoms with Gasteiger partial charge in [0.15, 0.2) is 0 Å². The first-order chi connectivity index (χ1) is 10.0. The summed E-state index contributed by atoms with van der Waals surface area (Å²) in [5.74, 6) is 0.933. The molecule has 0 unspecified atom stereocenters.